The van der Waals surface area contributed by atoms with Gasteiger partial charge in [0.15, 0.2) is 0 Å². The van der Waals surface area contributed by atoms with Crippen LogP contribution in [0, 0.1) is 5.41 Å². The lowest BCUT2D eigenvalue weighted by molar-refractivity contribution is 0.0973. The first-order chi connectivity index (χ1) is 15.7. The van der Waals surface area contributed by atoms with Crippen LogP contribution in [-0.4, -0.2) is 29.8 Å². The molecule has 1 heterocycles. The molecule has 1 amide bonds. The zero-order valence-electron chi connectivity index (χ0n) is 17.3. The summed E-state index contributed by atoms with van der Waals surface area (Å²) in [5, 5.41) is 18.3. The number of hydrogen-bond acceptors (Lipinski definition) is 5. The number of aromatic hydroxyl groups is 1. The Morgan fingerprint density at radius 1 is 1.00 bits per heavy atom. The number of rotatable bonds is 7. The molecule has 6 N–H and O–H groups in total. The van der Waals surface area contributed by atoms with Crippen molar-refractivity contribution in [2.24, 2.45) is 5.73 Å². The Morgan fingerprint density at radius 3 is 2.45 bits per heavy atom. The third kappa shape index (κ3) is 4.80. The molecule has 0 bridgehead atoms. The number of hydrogen-bond donors (Lipinski definition) is 5. The van der Waals surface area contributed by atoms with Crippen LogP contribution in [0.2, 0.25) is 0 Å². The second-order valence-corrected chi connectivity index (χ2v) is 8.76. The van der Waals surface area contributed by atoms with Gasteiger partial charge in [-0.2, -0.15) is 8.42 Å². The lowest BCUT2D eigenvalue weighted by atomic mass is 10.1. The number of benzene rings is 3. The lowest BCUT2D eigenvalue weighted by Gasteiger charge is -2.13. The highest BCUT2D eigenvalue weighted by Gasteiger charge is 2.22. The first-order valence-electron chi connectivity index (χ1n) is 9.88. The molecule has 168 valence electrons. The molecule has 0 fully saturated rings. The summed E-state index contributed by atoms with van der Waals surface area (Å²) < 4.78 is 31.0. The van der Waals surface area contributed by atoms with Crippen LogP contribution in [0.3, 0.4) is 0 Å². The van der Waals surface area contributed by atoms with Gasteiger partial charge in [0.2, 0.25) is 0 Å². The fourth-order valence-electron chi connectivity index (χ4n) is 3.51. The van der Waals surface area contributed by atoms with Crippen LogP contribution in [0.1, 0.15) is 21.6 Å². The Morgan fingerprint density at radius 2 is 1.73 bits per heavy atom. The first-order valence-corrected chi connectivity index (χ1v) is 11.4. The van der Waals surface area contributed by atoms with E-state index in [2.05, 4.69) is 4.72 Å². The maximum Gasteiger partial charge on any atom is 0.324 e. The van der Waals surface area contributed by atoms with Crippen LogP contribution in [-0.2, 0) is 16.8 Å². The van der Waals surface area contributed by atoms with E-state index in [0.29, 0.717) is 22.2 Å². The zero-order valence-corrected chi connectivity index (χ0v) is 18.1. The van der Waals surface area contributed by atoms with Gasteiger partial charge >= 0.3 is 10.2 Å². The molecule has 0 aliphatic carbocycles. The van der Waals surface area contributed by atoms with Crippen molar-refractivity contribution in [3.63, 3.8) is 0 Å². The molecule has 0 aliphatic rings. The van der Waals surface area contributed by atoms with E-state index in [-0.39, 0.29) is 23.8 Å². The molecule has 0 atom stereocenters. The van der Waals surface area contributed by atoms with Crippen molar-refractivity contribution in [1.29, 1.82) is 5.41 Å². The molecule has 4 rings (SSSR count). The van der Waals surface area contributed by atoms with Gasteiger partial charge in [0.05, 0.1) is 11.2 Å². The average Bonchev–Trinajstić information content (AvgIpc) is 3.14. The minimum absolute atomic E-state index is 0.0388. The molecule has 4 aromatic rings. The summed E-state index contributed by atoms with van der Waals surface area (Å²) in [6.07, 6.45) is 0. The fourth-order valence-corrected chi connectivity index (χ4v) is 4.35. The van der Waals surface area contributed by atoms with Gasteiger partial charge in [0.25, 0.3) is 5.91 Å². The number of nitrogens with one attached hydrogen (secondary N) is 3. The van der Waals surface area contributed by atoms with Crippen LogP contribution in [0.4, 0.5) is 5.69 Å². The molecule has 0 spiro atoms. The van der Waals surface area contributed by atoms with Crippen molar-refractivity contribution in [3.05, 3.63) is 95.7 Å². The molecule has 0 saturated heterocycles. The highest BCUT2D eigenvalue weighted by Crippen LogP contribution is 2.29. The second-order valence-electron chi connectivity index (χ2n) is 7.34. The molecule has 0 unspecified atom stereocenters. The maximum absolute atomic E-state index is 13.0. The highest BCUT2D eigenvalue weighted by atomic mass is 32.2. The predicted octanol–water partition coefficient (Wildman–Crippen LogP) is 2.77. The summed E-state index contributed by atoms with van der Waals surface area (Å²) in [4.78, 5) is 13.0. The molecule has 33 heavy (non-hydrogen) atoms. The molecular weight excluding hydrogens is 442 g/mol. The summed E-state index contributed by atoms with van der Waals surface area (Å²) in [5.41, 5.74) is 7.73. The number of para-hydroxylation sites is 1. The number of aromatic nitrogens is 1. The van der Waals surface area contributed by atoms with Crippen LogP contribution in [0.5, 0.6) is 5.75 Å². The smallest absolute Gasteiger partial charge is 0.324 e. The zero-order chi connectivity index (χ0) is 23.6. The van der Waals surface area contributed by atoms with Gasteiger partial charge in [0.1, 0.15) is 17.3 Å². The van der Waals surface area contributed by atoms with Crippen molar-refractivity contribution in [1.82, 2.24) is 9.29 Å². The quantitative estimate of drug-likeness (QED) is 0.211. The van der Waals surface area contributed by atoms with Crippen LogP contribution < -0.4 is 15.2 Å². The topological polar surface area (TPSA) is 150 Å². The molecule has 0 aliphatic heterocycles. The molecule has 10 heteroatoms. The van der Waals surface area contributed by atoms with E-state index in [1.165, 1.54) is 12.1 Å². The standard InChI is InChI=1S/C23H21N5O4S/c24-22(25)16-7-4-6-15(12-16)14-28-19-10-5-11-21(29)18(19)13-20(28)23(30)27-33(31,32)26-17-8-2-1-3-9-17/h1-13,26,29H,14H2,(H3,24,25)(H,27,30). The molecular formula is C23H21N5O4S. The summed E-state index contributed by atoms with van der Waals surface area (Å²) >= 11 is 0. The molecule has 0 saturated carbocycles. The van der Waals surface area contributed by atoms with Gasteiger partial charge in [-0.3, -0.25) is 14.9 Å². The van der Waals surface area contributed by atoms with Crippen LogP contribution in [0.15, 0.2) is 78.9 Å². The number of carbonyl (C=O) groups excluding carboxylic acids is 1. The third-order valence-corrected chi connectivity index (χ3v) is 5.95. The number of anilines is 1. The van der Waals surface area contributed by atoms with E-state index < -0.39 is 16.1 Å². The largest absolute Gasteiger partial charge is 0.507 e. The molecule has 0 radical (unpaired) electrons. The SMILES string of the molecule is N=C(N)c1cccc(Cn2c(C(=O)NS(=O)(=O)Nc3ccccc3)cc3c(O)cccc32)c1. The Kier molecular flexibility index (Phi) is 5.76. The number of phenols is 1. The van der Waals surface area contributed by atoms with Gasteiger partial charge in [0, 0.05) is 17.5 Å². The Balaban J connectivity index is 1.71. The summed E-state index contributed by atoms with van der Waals surface area (Å²) in [6.45, 7) is 0.184. The van der Waals surface area contributed by atoms with Crippen molar-refractivity contribution in [3.8, 4) is 5.75 Å². The van der Waals surface area contributed by atoms with Gasteiger partial charge < -0.3 is 15.4 Å². The number of phenolic OH excluding ortho intramolecular Hbond substituents is 1. The summed E-state index contributed by atoms with van der Waals surface area (Å²) in [7, 11) is -4.21. The second kappa shape index (κ2) is 8.67. The van der Waals surface area contributed by atoms with Gasteiger partial charge in [-0.05, 0) is 42.0 Å². The number of fused-ring (bicyclic) bond motifs is 1. The van der Waals surface area contributed by atoms with E-state index in [0.717, 1.165) is 5.56 Å². The number of amidine groups is 1. The summed E-state index contributed by atoms with van der Waals surface area (Å²) in [6, 6.07) is 21.4. The van der Waals surface area contributed by atoms with Crippen molar-refractivity contribution in [2.75, 3.05) is 4.72 Å². The van der Waals surface area contributed by atoms with Gasteiger partial charge in [-0.15, -0.1) is 0 Å². The van der Waals surface area contributed by atoms with Crippen LogP contribution >= 0.6 is 0 Å². The van der Waals surface area contributed by atoms with Gasteiger partial charge in [-0.25, -0.2) is 4.72 Å². The average molecular weight is 464 g/mol. The van der Waals surface area contributed by atoms with Gasteiger partial charge in [-0.1, -0.05) is 42.5 Å². The van der Waals surface area contributed by atoms with E-state index in [9.17, 15) is 18.3 Å². The van der Waals surface area contributed by atoms with E-state index in [1.54, 1.807) is 71.3 Å². The molecule has 3 aromatic carbocycles. The van der Waals surface area contributed by atoms with Crippen LogP contribution in [0.25, 0.3) is 10.9 Å². The Labute approximate surface area is 190 Å². The van der Waals surface area contributed by atoms with Crippen molar-refractivity contribution >= 4 is 38.5 Å². The monoisotopic (exact) mass is 463 g/mol. The minimum atomic E-state index is -4.21. The lowest BCUT2D eigenvalue weighted by Crippen LogP contribution is -2.36. The number of nitrogen functional groups attached to an aromatic ring is 1. The minimum Gasteiger partial charge on any atom is -0.507 e. The van der Waals surface area contributed by atoms with E-state index in [4.69, 9.17) is 11.1 Å². The Hall–Kier alpha value is -4.31. The number of carbonyl (C=O) groups is 1. The fraction of sp³-hybridized carbons (Fsp3) is 0.0435. The molecule has 1 aromatic heterocycles. The van der Waals surface area contributed by atoms with E-state index in [1.807, 2.05) is 4.72 Å². The third-order valence-electron chi connectivity index (χ3n) is 4.99. The number of nitrogens with two attached hydrogens (primary N) is 1. The number of nitrogens with zero attached hydrogens (tertiary/aromatic N) is 1. The van der Waals surface area contributed by atoms with E-state index >= 15 is 0 Å². The summed E-state index contributed by atoms with van der Waals surface area (Å²) in [5.74, 6) is -0.997. The predicted molar refractivity (Wildman–Crippen MR) is 127 cm³/mol. The number of amides is 1. The first kappa shape index (κ1) is 21.9. The Bertz CT molecular complexity index is 1460. The maximum atomic E-state index is 13.0. The normalized spacial score (nSPS) is 11.3. The van der Waals surface area contributed by atoms with Crippen molar-refractivity contribution < 1.29 is 18.3 Å². The molecule has 9 nitrogen and oxygen atoms in total. The highest BCUT2D eigenvalue weighted by molar-refractivity contribution is 7.91. The van der Waals surface area contributed by atoms with Crippen molar-refractivity contribution in [2.45, 2.75) is 6.54 Å².